The van der Waals surface area contributed by atoms with E-state index < -0.39 is 18.3 Å². The Morgan fingerprint density at radius 2 is 1.85 bits per heavy atom. The summed E-state index contributed by atoms with van der Waals surface area (Å²) in [6.45, 7) is 10.7. The zero-order valence-corrected chi connectivity index (χ0v) is 13.1. The van der Waals surface area contributed by atoms with Crippen LogP contribution in [0.4, 0.5) is 8.78 Å². The van der Waals surface area contributed by atoms with E-state index in [-0.39, 0.29) is 18.6 Å². The third-order valence-electron chi connectivity index (χ3n) is 2.32. The molecule has 0 saturated carbocycles. The van der Waals surface area contributed by atoms with Gasteiger partial charge >= 0.3 is 5.92 Å². The molecule has 0 bridgehead atoms. The molecule has 1 N–H and O–H groups in total. The minimum absolute atomic E-state index is 0.216. The van der Waals surface area contributed by atoms with Gasteiger partial charge in [-0.25, -0.2) is 0 Å². The number of rotatable bonds is 8. The summed E-state index contributed by atoms with van der Waals surface area (Å²) in [5, 5.41) is 2.28. The Hall–Kier alpha value is -0.970. The van der Waals surface area contributed by atoms with Crippen LogP contribution in [0.3, 0.4) is 0 Å². The molecule has 0 unspecified atom stereocenters. The number of ether oxygens (including phenoxy) is 1. The molecule has 0 aromatic carbocycles. The fourth-order valence-electron chi connectivity index (χ4n) is 1.24. The highest BCUT2D eigenvalue weighted by molar-refractivity contribution is 5.83. The third kappa shape index (κ3) is 9.89. The van der Waals surface area contributed by atoms with E-state index in [0.717, 1.165) is 0 Å². The topological polar surface area (TPSA) is 38.3 Å². The van der Waals surface area contributed by atoms with Crippen molar-refractivity contribution in [3.05, 3.63) is 12.2 Å². The maximum absolute atomic E-state index is 13.5. The lowest BCUT2D eigenvalue weighted by Gasteiger charge is -2.21. The summed E-state index contributed by atoms with van der Waals surface area (Å²) >= 11 is 0. The number of allylic oxidation sites excluding steroid dienone is 1. The summed E-state index contributed by atoms with van der Waals surface area (Å²) in [6, 6.07) is 0. The number of carbonyl (C=O) groups is 1. The molecule has 118 valence electrons. The van der Waals surface area contributed by atoms with Gasteiger partial charge in [0, 0.05) is 19.6 Å². The summed E-state index contributed by atoms with van der Waals surface area (Å²) in [5.74, 6) is -4.19. The van der Waals surface area contributed by atoms with E-state index >= 15 is 0 Å². The second-order valence-electron chi connectivity index (χ2n) is 6.55. The lowest BCUT2D eigenvalue weighted by Crippen LogP contribution is -2.43. The van der Waals surface area contributed by atoms with Gasteiger partial charge in [-0.15, -0.1) is 0 Å². The molecule has 0 radical (unpaired) electrons. The lowest BCUT2D eigenvalue weighted by molar-refractivity contribution is -0.145. The van der Waals surface area contributed by atoms with Gasteiger partial charge in [0.1, 0.15) is 0 Å². The zero-order chi connectivity index (χ0) is 15.8. The van der Waals surface area contributed by atoms with Crippen LogP contribution >= 0.6 is 0 Å². The van der Waals surface area contributed by atoms with Crippen molar-refractivity contribution in [2.45, 2.75) is 47.0 Å². The highest BCUT2D eigenvalue weighted by atomic mass is 19.3. The number of carbonyl (C=O) groups excluding carboxylic acids is 1. The van der Waals surface area contributed by atoms with Gasteiger partial charge in [-0.1, -0.05) is 46.8 Å². The van der Waals surface area contributed by atoms with Crippen LogP contribution in [0.15, 0.2) is 12.2 Å². The van der Waals surface area contributed by atoms with Crippen molar-refractivity contribution in [1.82, 2.24) is 5.32 Å². The van der Waals surface area contributed by atoms with Crippen molar-refractivity contribution in [2.75, 3.05) is 19.8 Å². The normalized spacial score (nSPS) is 13.2. The minimum Gasteiger partial charge on any atom is -0.377 e. The number of amides is 1. The molecule has 5 heteroatoms. The molecule has 3 nitrogen and oxygen atoms in total. The Kier molecular flexibility index (Phi) is 7.94. The Bertz CT molecular complexity index is 320. The summed E-state index contributed by atoms with van der Waals surface area (Å²) in [5.41, 5.74) is -0.216. The molecule has 0 aliphatic rings. The van der Waals surface area contributed by atoms with Crippen LogP contribution < -0.4 is 5.32 Å². The predicted octanol–water partition coefficient (Wildman–Crippen LogP) is 3.40. The molecule has 0 aromatic heterocycles. The largest absolute Gasteiger partial charge is 0.377 e. The Morgan fingerprint density at radius 3 is 2.35 bits per heavy atom. The van der Waals surface area contributed by atoms with Crippen LogP contribution in [-0.4, -0.2) is 31.6 Å². The molecule has 0 aliphatic carbocycles. The van der Waals surface area contributed by atoms with E-state index in [1.54, 1.807) is 0 Å². The van der Waals surface area contributed by atoms with Crippen molar-refractivity contribution >= 4 is 5.91 Å². The third-order valence-corrected chi connectivity index (χ3v) is 2.32. The van der Waals surface area contributed by atoms with Crippen molar-refractivity contribution in [2.24, 2.45) is 11.3 Å². The van der Waals surface area contributed by atoms with Gasteiger partial charge in [0.25, 0.3) is 5.91 Å². The first-order chi connectivity index (χ1) is 9.04. The first kappa shape index (κ1) is 19.0. The average molecular weight is 291 g/mol. The monoisotopic (exact) mass is 291 g/mol. The van der Waals surface area contributed by atoms with Crippen LogP contribution in [0.2, 0.25) is 0 Å². The zero-order valence-electron chi connectivity index (χ0n) is 13.1. The number of hydrogen-bond donors (Lipinski definition) is 1. The van der Waals surface area contributed by atoms with Crippen LogP contribution in [0.5, 0.6) is 0 Å². The standard InChI is InChI=1S/C15H27F2NO2/c1-12(2)10-20-9-7-6-8-15(16,17)13(19)18-11-14(3,4)5/h6-7,12H,8-11H2,1-5H3,(H,18,19)/b7-6+. The molecule has 0 atom stereocenters. The molecule has 0 heterocycles. The average Bonchev–Trinajstić information content (AvgIpc) is 2.29. The van der Waals surface area contributed by atoms with E-state index in [2.05, 4.69) is 5.32 Å². The first-order valence-electron chi connectivity index (χ1n) is 6.93. The fraction of sp³-hybridized carbons (Fsp3) is 0.800. The fourth-order valence-corrected chi connectivity index (χ4v) is 1.24. The van der Waals surface area contributed by atoms with E-state index in [1.165, 1.54) is 12.2 Å². The van der Waals surface area contributed by atoms with Gasteiger partial charge < -0.3 is 10.1 Å². The molecular formula is C15H27F2NO2. The van der Waals surface area contributed by atoms with Crippen LogP contribution in [0.25, 0.3) is 0 Å². The minimum atomic E-state index is -3.38. The maximum Gasteiger partial charge on any atom is 0.327 e. The molecule has 0 spiro atoms. The summed E-state index contributed by atoms with van der Waals surface area (Å²) in [7, 11) is 0. The number of hydrogen-bond acceptors (Lipinski definition) is 2. The number of nitrogens with one attached hydrogen (secondary N) is 1. The Labute approximate surface area is 120 Å². The van der Waals surface area contributed by atoms with Crippen LogP contribution in [0.1, 0.15) is 41.0 Å². The highest BCUT2D eigenvalue weighted by Gasteiger charge is 2.37. The van der Waals surface area contributed by atoms with Crippen molar-refractivity contribution in [3.8, 4) is 0 Å². The van der Waals surface area contributed by atoms with E-state index in [4.69, 9.17) is 4.74 Å². The molecule has 0 fully saturated rings. The van der Waals surface area contributed by atoms with Crippen molar-refractivity contribution in [3.63, 3.8) is 0 Å². The molecular weight excluding hydrogens is 264 g/mol. The molecule has 0 aromatic rings. The predicted molar refractivity (Wildman–Crippen MR) is 76.8 cm³/mol. The van der Waals surface area contributed by atoms with Crippen molar-refractivity contribution in [1.29, 1.82) is 0 Å². The molecule has 0 rings (SSSR count). The molecule has 0 aliphatic heterocycles. The van der Waals surface area contributed by atoms with Gasteiger partial charge in [-0.3, -0.25) is 4.79 Å². The first-order valence-corrected chi connectivity index (χ1v) is 6.93. The Morgan fingerprint density at radius 1 is 1.25 bits per heavy atom. The van der Waals surface area contributed by atoms with Crippen LogP contribution in [0, 0.1) is 11.3 Å². The van der Waals surface area contributed by atoms with E-state index in [0.29, 0.717) is 12.5 Å². The molecule has 20 heavy (non-hydrogen) atoms. The van der Waals surface area contributed by atoms with Gasteiger partial charge in [-0.05, 0) is 11.3 Å². The second-order valence-corrected chi connectivity index (χ2v) is 6.55. The number of alkyl halides is 2. The van der Waals surface area contributed by atoms with Crippen LogP contribution in [-0.2, 0) is 9.53 Å². The SMILES string of the molecule is CC(C)COC/C=C/CC(F)(F)C(=O)NCC(C)(C)C. The van der Waals surface area contributed by atoms with Crippen molar-refractivity contribution < 1.29 is 18.3 Å². The summed E-state index contributed by atoms with van der Waals surface area (Å²) < 4.78 is 32.3. The highest BCUT2D eigenvalue weighted by Crippen LogP contribution is 2.20. The summed E-state index contributed by atoms with van der Waals surface area (Å²) in [4.78, 5) is 11.4. The molecule has 0 saturated heterocycles. The van der Waals surface area contributed by atoms with Gasteiger partial charge in [0.05, 0.1) is 6.61 Å². The van der Waals surface area contributed by atoms with Gasteiger partial charge in [-0.2, -0.15) is 8.78 Å². The van der Waals surface area contributed by atoms with Gasteiger partial charge in [0.15, 0.2) is 0 Å². The smallest absolute Gasteiger partial charge is 0.327 e. The van der Waals surface area contributed by atoms with Gasteiger partial charge in [0.2, 0.25) is 0 Å². The maximum atomic E-state index is 13.5. The quantitative estimate of drug-likeness (QED) is 0.550. The van der Waals surface area contributed by atoms with E-state index in [1.807, 2.05) is 34.6 Å². The Balaban J connectivity index is 4.04. The van der Waals surface area contributed by atoms with E-state index in [9.17, 15) is 13.6 Å². The second kappa shape index (κ2) is 8.35. The number of halogens is 2. The lowest BCUT2D eigenvalue weighted by atomic mass is 9.97. The summed E-state index contributed by atoms with van der Waals surface area (Å²) in [6.07, 6.45) is 2.21. The molecule has 1 amide bonds.